The average Bonchev–Trinajstić information content (AvgIpc) is 2.52. The molecule has 0 bridgehead atoms. The second-order valence-corrected chi connectivity index (χ2v) is 5.73. The van der Waals surface area contributed by atoms with Gasteiger partial charge in [0, 0.05) is 5.75 Å². The number of aromatic nitrogens is 2. The lowest BCUT2D eigenvalue weighted by Gasteiger charge is -2.40. The third kappa shape index (κ3) is 1.79. The van der Waals surface area contributed by atoms with Crippen molar-refractivity contribution in [2.75, 3.05) is 11.5 Å². The van der Waals surface area contributed by atoms with Crippen LogP contribution in [0, 0.1) is 5.41 Å². The molecule has 1 aromatic rings. The van der Waals surface area contributed by atoms with Crippen LogP contribution in [0.4, 0.5) is 0 Å². The number of rotatable bonds is 1. The lowest BCUT2D eigenvalue weighted by Crippen LogP contribution is -2.48. The van der Waals surface area contributed by atoms with Crippen LogP contribution in [-0.4, -0.2) is 21.6 Å². The summed E-state index contributed by atoms with van der Waals surface area (Å²) in [5.41, 5.74) is 6.13. The molecule has 1 fully saturated rings. The molecule has 2 heterocycles. The normalized spacial score (nSPS) is 31.6. The Morgan fingerprint density at radius 1 is 1.50 bits per heavy atom. The number of thioether (sulfide) groups is 1. The van der Waals surface area contributed by atoms with E-state index in [9.17, 15) is 0 Å². The van der Waals surface area contributed by atoms with Crippen LogP contribution in [0.15, 0.2) is 10.9 Å². The van der Waals surface area contributed by atoms with E-state index in [1.807, 2.05) is 11.8 Å². The molecule has 0 aliphatic carbocycles. The molecule has 78 valence electrons. The van der Waals surface area contributed by atoms with E-state index in [-0.39, 0.29) is 5.41 Å². The summed E-state index contributed by atoms with van der Waals surface area (Å²) >= 11 is 1.86. The van der Waals surface area contributed by atoms with E-state index in [0.717, 1.165) is 17.9 Å². The quantitative estimate of drug-likeness (QED) is 0.763. The molecule has 5 heteroatoms. The number of nitrogens with zero attached hydrogens (tertiary/aromatic N) is 2. The van der Waals surface area contributed by atoms with E-state index in [2.05, 4.69) is 24.0 Å². The smallest absolute Gasteiger partial charge is 0.213 e. The summed E-state index contributed by atoms with van der Waals surface area (Å²) in [5.74, 6) is 2.65. The minimum Gasteiger partial charge on any atom is -0.343 e. The fraction of sp³-hybridized carbons (Fsp3) is 0.778. The summed E-state index contributed by atoms with van der Waals surface area (Å²) in [6, 6.07) is 0. The maximum absolute atomic E-state index is 6.29. The first-order valence-corrected chi connectivity index (χ1v) is 5.81. The highest BCUT2D eigenvalue weighted by Gasteiger charge is 2.41. The van der Waals surface area contributed by atoms with Crippen LogP contribution in [0.2, 0.25) is 0 Å². The Bertz CT molecular complexity index is 312. The zero-order chi connectivity index (χ0) is 10.2. The molecule has 1 aliphatic rings. The van der Waals surface area contributed by atoms with Crippen molar-refractivity contribution in [3.8, 4) is 0 Å². The summed E-state index contributed by atoms with van der Waals surface area (Å²) in [4.78, 5) is 4.06. The minimum atomic E-state index is -0.417. The van der Waals surface area contributed by atoms with Crippen LogP contribution in [0.1, 0.15) is 26.1 Å². The Balaban J connectivity index is 2.24. The Kier molecular flexibility index (Phi) is 2.31. The molecular weight excluding hydrogens is 198 g/mol. The molecule has 2 rings (SSSR count). The average molecular weight is 213 g/mol. The monoisotopic (exact) mass is 213 g/mol. The third-order valence-corrected chi connectivity index (χ3v) is 4.16. The van der Waals surface area contributed by atoms with Crippen molar-refractivity contribution in [2.45, 2.75) is 25.8 Å². The second kappa shape index (κ2) is 3.24. The van der Waals surface area contributed by atoms with E-state index in [0.29, 0.717) is 5.82 Å². The van der Waals surface area contributed by atoms with E-state index in [1.54, 1.807) is 0 Å². The van der Waals surface area contributed by atoms with E-state index < -0.39 is 5.54 Å². The summed E-state index contributed by atoms with van der Waals surface area (Å²) < 4.78 is 4.75. The molecular formula is C9H15N3OS. The van der Waals surface area contributed by atoms with Crippen molar-refractivity contribution in [2.24, 2.45) is 11.1 Å². The molecule has 1 unspecified atom stereocenters. The molecule has 0 amide bonds. The van der Waals surface area contributed by atoms with Crippen molar-refractivity contribution in [3.63, 3.8) is 0 Å². The minimum absolute atomic E-state index is 0.248. The van der Waals surface area contributed by atoms with Crippen LogP contribution in [-0.2, 0) is 5.54 Å². The van der Waals surface area contributed by atoms with Gasteiger partial charge in [-0.3, -0.25) is 0 Å². The predicted octanol–water partition coefficient (Wildman–Crippen LogP) is 1.39. The van der Waals surface area contributed by atoms with Crippen molar-refractivity contribution >= 4 is 11.8 Å². The van der Waals surface area contributed by atoms with Crippen LogP contribution in [0.3, 0.4) is 0 Å². The summed E-state index contributed by atoms with van der Waals surface area (Å²) in [6.07, 6.45) is 2.25. The van der Waals surface area contributed by atoms with Gasteiger partial charge in [0.2, 0.25) is 6.39 Å². The Hall–Kier alpha value is -0.550. The highest BCUT2D eigenvalue weighted by atomic mass is 32.2. The molecule has 2 N–H and O–H groups in total. The summed E-state index contributed by atoms with van der Waals surface area (Å²) in [6.45, 7) is 4.45. The molecule has 1 aromatic heterocycles. The molecule has 0 aromatic carbocycles. The Morgan fingerprint density at radius 2 is 2.29 bits per heavy atom. The van der Waals surface area contributed by atoms with Gasteiger partial charge >= 0.3 is 0 Å². The fourth-order valence-corrected chi connectivity index (χ4v) is 3.35. The van der Waals surface area contributed by atoms with Crippen molar-refractivity contribution in [1.82, 2.24) is 10.1 Å². The van der Waals surface area contributed by atoms with Crippen LogP contribution >= 0.6 is 11.8 Å². The van der Waals surface area contributed by atoms with Gasteiger partial charge < -0.3 is 10.3 Å². The van der Waals surface area contributed by atoms with Crippen molar-refractivity contribution in [3.05, 3.63) is 12.2 Å². The standard InChI is InChI=1S/C9H15N3OS/c1-8(2)3-9(10,5-14-4-8)7-11-6-13-12-7/h6H,3-5,10H2,1-2H3. The van der Waals surface area contributed by atoms with Crippen LogP contribution < -0.4 is 5.73 Å². The zero-order valence-electron chi connectivity index (χ0n) is 8.49. The molecule has 4 nitrogen and oxygen atoms in total. The first-order chi connectivity index (χ1) is 6.52. The topological polar surface area (TPSA) is 64.9 Å². The van der Waals surface area contributed by atoms with E-state index in [1.165, 1.54) is 6.39 Å². The zero-order valence-corrected chi connectivity index (χ0v) is 9.30. The summed E-state index contributed by atoms with van der Waals surface area (Å²) in [5, 5.41) is 3.85. The summed E-state index contributed by atoms with van der Waals surface area (Å²) in [7, 11) is 0. The largest absolute Gasteiger partial charge is 0.343 e. The number of hydrogen-bond acceptors (Lipinski definition) is 5. The highest BCUT2D eigenvalue weighted by molar-refractivity contribution is 7.99. The Morgan fingerprint density at radius 3 is 2.86 bits per heavy atom. The number of nitrogens with two attached hydrogens (primary N) is 1. The second-order valence-electron chi connectivity index (χ2n) is 4.74. The molecule has 14 heavy (non-hydrogen) atoms. The lowest BCUT2D eigenvalue weighted by atomic mass is 9.80. The Labute approximate surface area is 87.6 Å². The van der Waals surface area contributed by atoms with Gasteiger partial charge in [0.25, 0.3) is 0 Å². The van der Waals surface area contributed by atoms with Gasteiger partial charge in [-0.15, -0.1) is 0 Å². The number of hydrogen-bond donors (Lipinski definition) is 1. The molecule has 0 radical (unpaired) electrons. The molecule has 0 spiro atoms. The van der Waals surface area contributed by atoms with Crippen LogP contribution in [0.5, 0.6) is 0 Å². The van der Waals surface area contributed by atoms with Gasteiger partial charge in [-0.1, -0.05) is 19.0 Å². The van der Waals surface area contributed by atoms with Gasteiger partial charge in [0.1, 0.15) is 0 Å². The fourth-order valence-electron chi connectivity index (χ4n) is 2.00. The van der Waals surface area contributed by atoms with E-state index in [4.69, 9.17) is 10.3 Å². The van der Waals surface area contributed by atoms with E-state index >= 15 is 0 Å². The molecule has 1 atom stereocenters. The molecule has 0 saturated carbocycles. The molecule has 1 aliphatic heterocycles. The SMILES string of the molecule is CC1(C)CSCC(N)(c2ncon2)C1. The van der Waals surface area contributed by atoms with Gasteiger partial charge in [-0.05, 0) is 17.6 Å². The predicted molar refractivity (Wildman–Crippen MR) is 55.9 cm³/mol. The first kappa shape index (κ1) is 9.98. The highest BCUT2D eigenvalue weighted by Crippen LogP contribution is 2.41. The van der Waals surface area contributed by atoms with Gasteiger partial charge in [0.05, 0.1) is 5.54 Å². The maximum Gasteiger partial charge on any atom is 0.213 e. The molecule has 1 saturated heterocycles. The van der Waals surface area contributed by atoms with Gasteiger partial charge in [-0.25, -0.2) is 0 Å². The van der Waals surface area contributed by atoms with Crippen molar-refractivity contribution in [1.29, 1.82) is 0 Å². The van der Waals surface area contributed by atoms with Gasteiger partial charge in [-0.2, -0.15) is 16.7 Å². The third-order valence-electron chi connectivity index (χ3n) is 2.45. The van der Waals surface area contributed by atoms with Crippen molar-refractivity contribution < 1.29 is 4.52 Å². The van der Waals surface area contributed by atoms with Gasteiger partial charge in [0.15, 0.2) is 5.82 Å². The lowest BCUT2D eigenvalue weighted by molar-refractivity contribution is 0.254. The maximum atomic E-state index is 6.29. The first-order valence-electron chi connectivity index (χ1n) is 4.65. The van der Waals surface area contributed by atoms with Crippen LogP contribution in [0.25, 0.3) is 0 Å².